The van der Waals surface area contributed by atoms with Crippen LogP contribution in [0.3, 0.4) is 0 Å². The highest BCUT2D eigenvalue weighted by molar-refractivity contribution is 7.98. The van der Waals surface area contributed by atoms with Crippen LogP contribution in [0.15, 0.2) is 87.7 Å². The number of nitrogens with zero attached hydrogens (tertiary/aromatic N) is 3. The van der Waals surface area contributed by atoms with Gasteiger partial charge in [-0.15, -0.1) is 11.8 Å². The molecule has 0 saturated carbocycles. The van der Waals surface area contributed by atoms with Crippen LogP contribution in [0.5, 0.6) is 5.75 Å². The first-order chi connectivity index (χ1) is 18.2. The summed E-state index contributed by atoms with van der Waals surface area (Å²) in [5.41, 5.74) is 4.86. The fourth-order valence-electron chi connectivity index (χ4n) is 3.60. The van der Waals surface area contributed by atoms with E-state index in [1.165, 1.54) is 30.1 Å². The van der Waals surface area contributed by atoms with Crippen LogP contribution >= 0.6 is 23.4 Å². The van der Waals surface area contributed by atoms with E-state index in [1.54, 1.807) is 61.7 Å². The van der Waals surface area contributed by atoms with Gasteiger partial charge >= 0.3 is 0 Å². The van der Waals surface area contributed by atoms with Crippen LogP contribution in [-0.2, 0) is 14.8 Å². The lowest BCUT2D eigenvalue weighted by atomic mass is 10.1. The number of thioether (sulfide) groups is 1. The number of nitrogens with one attached hydrogen (secondary N) is 1. The minimum absolute atomic E-state index is 0.0813. The Bertz CT molecular complexity index is 1590. The topological polar surface area (TPSA) is 101 Å². The molecule has 0 aliphatic rings. The number of anilines is 1. The van der Waals surface area contributed by atoms with Crippen molar-refractivity contribution in [3.05, 3.63) is 89.1 Å². The third-order valence-electron chi connectivity index (χ3n) is 5.65. The number of halogens is 1. The van der Waals surface area contributed by atoms with Gasteiger partial charge in [-0.3, -0.25) is 9.10 Å². The fourth-order valence-corrected chi connectivity index (χ4v) is 5.62. The van der Waals surface area contributed by atoms with E-state index in [9.17, 15) is 13.2 Å². The molecule has 196 valence electrons. The molecule has 0 spiro atoms. The third kappa shape index (κ3) is 6.27. The lowest BCUT2D eigenvalue weighted by Gasteiger charge is -2.24. The zero-order chi connectivity index (χ0) is 27.3. The molecule has 4 rings (SSSR count). The summed E-state index contributed by atoms with van der Waals surface area (Å²) in [4.78, 5) is 18.2. The first-order valence-corrected chi connectivity index (χ1v) is 14.4. The van der Waals surface area contributed by atoms with E-state index in [1.807, 2.05) is 19.2 Å². The summed E-state index contributed by atoms with van der Waals surface area (Å²) in [6, 6.07) is 20.6. The monoisotopic (exact) mass is 568 g/mol. The average Bonchev–Trinajstić information content (AvgIpc) is 2.92. The molecule has 4 aromatic rings. The predicted molar refractivity (Wildman–Crippen MR) is 153 cm³/mol. The Labute approximate surface area is 230 Å². The van der Waals surface area contributed by atoms with E-state index in [-0.39, 0.29) is 10.0 Å². The van der Waals surface area contributed by atoms with Crippen LogP contribution in [0.25, 0.3) is 10.9 Å². The van der Waals surface area contributed by atoms with Crippen LogP contribution < -0.4 is 14.5 Å². The molecule has 0 aliphatic carbocycles. The van der Waals surface area contributed by atoms with E-state index >= 15 is 0 Å². The van der Waals surface area contributed by atoms with Gasteiger partial charge in [-0.05, 0) is 67.8 Å². The second-order valence-electron chi connectivity index (χ2n) is 8.24. The van der Waals surface area contributed by atoms with E-state index in [2.05, 4.69) is 15.5 Å². The van der Waals surface area contributed by atoms with Crippen molar-refractivity contribution in [1.82, 2.24) is 10.4 Å². The number of methoxy groups -OCH3 is 1. The number of carbonyl (C=O) groups excluding carboxylic acids is 1. The molecular formula is C27H25ClN4O4S2. The number of pyridine rings is 1. The Hall–Kier alpha value is -3.60. The predicted octanol–water partition coefficient (Wildman–Crippen LogP) is 5.27. The van der Waals surface area contributed by atoms with Crippen molar-refractivity contribution < 1.29 is 17.9 Å². The number of hydrogen-bond donors (Lipinski definition) is 1. The molecule has 0 fully saturated rings. The molecule has 1 heterocycles. The van der Waals surface area contributed by atoms with Crippen molar-refractivity contribution >= 4 is 62.1 Å². The maximum atomic E-state index is 13.5. The second kappa shape index (κ2) is 11.8. The van der Waals surface area contributed by atoms with Gasteiger partial charge in [0.25, 0.3) is 15.9 Å². The lowest BCUT2D eigenvalue weighted by molar-refractivity contribution is -0.119. The highest BCUT2D eigenvalue weighted by Gasteiger charge is 2.27. The second-order valence-corrected chi connectivity index (χ2v) is 11.3. The van der Waals surface area contributed by atoms with Crippen molar-refractivity contribution in [1.29, 1.82) is 0 Å². The molecule has 38 heavy (non-hydrogen) atoms. The zero-order valence-electron chi connectivity index (χ0n) is 20.9. The molecule has 1 amide bonds. The van der Waals surface area contributed by atoms with E-state index < -0.39 is 22.5 Å². The Balaban J connectivity index is 1.55. The zero-order valence-corrected chi connectivity index (χ0v) is 23.3. The van der Waals surface area contributed by atoms with Gasteiger partial charge in [-0.25, -0.2) is 18.8 Å². The number of carbonyl (C=O) groups is 1. The number of benzene rings is 3. The molecule has 0 unspecified atom stereocenters. The van der Waals surface area contributed by atoms with Crippen LogP contribution in [0, 0.1) is 6.92 Å². The summed E-state index contributed by atoms with van der Waals surface area (Å²) in [7, 11) is -2.46. The molecule has 0 atom stereocenters. The number of hydrazone groups is 1. The maximum Gasteiger partial charge on any atom is 0.264 e. The minimum atomic E-state index is -4.03. The molecule has 3 aromatic carbocycles. The number of ether oxygens (including phenoxy) is 1. The molecular weight excluding hydrogens is 544 g/mol. The molecule has 1 aromatic heterocycles. The van der Waals surface area contributed by atoms with Crippen LogP contribution in [0.2, 0.25) is 5.15 Å². The molecule has 0 aliphatic heterocycles. The highest BCUT2D eigenvalue weighted by Crippen LogP contribution is 2.26. The van der Waals surface area contributed by atoms with Crippen molar-refractivity contribution in [2.75, 3.05) is 24.2 Å². The maximum absolute atomic E-state index is 13.5. The highest BCUT2D eigenvalue weighted by atomic mass is 35.5. The number of hydrogen-bond acceptors (Lipinski definition) is 7. The summed E-state index contributed by atoms with van der Waals surface area (Å²) in [6.07, 6.45) is 3.27. The van der Waals surface area contributed by atoms with Crippen LogP contribution in [0.1, 0.15) is 11.1 Å². The molecule has 8 nitrogen and oxygen atoms in total. The number of fused-ring (bicyclic) bond motifs is 1. The van der Waals surface area contributed by atoms with Gasteiger partial charge in [-0.2, -0.15) is 5.10 Å². The van der Waals surface area contributed by atoms with Gasteiger partial charge < -0.3 is 4.74 Å². The number of aryl methyl sites for hydroxylation is 1. The summed E-state index contributed by atoms with van der Waals surface area (Å²) in [6.45, 7) is 1.42. The Morgan fingerprint density at radius 2 is 1.82 bits per heavy atom. The fraction of sp³-hybridized carbons (Fsp3) is 0.148. The Morgan fingerprint density at radius 1 is 1.11 bits per heavy atom. The number of amides is 1. The van der Waals surface area contributed by atoms with Crippen molar-refractivity contribution in [3.63, 3.8) is 0 Å². The first kappa shape index (κ1) is 27.4. The standard InChI is InChI=1S/C27H25ClN4O4S2/c1-18-4-7-21(8-5-18)32(38(34,35)24-12-10-23(37-3)11-13-24)17-26(33)31-29-16-20-14-19-6-9-22(36-2)15-25(19)30-27(20)28/h4-16H,17H2,1-3H3,(H,31,33)/b29-16-. The van der Waals surface area contributed by atoms with Crippen molar-refractivity contribution in [2.45, 2.75) is 16.7 Å². The third-order valence-corrected chi connectivity index (χ3v) is 8.49. The van der Waals surface area contributed by atoms with E-state index in [0.717, 1.165) is 20.2 Å². The first-order valence-electron chi connectivity index (χ1n) is 11.4. The number of rotatable bonds is 9. The normalized spacial score (nSPS) is 11.6. The SMILES string of the molecule is COc1ccc2cc(/C=N\NC(=O)CN(c3ccc(C)cc3)S(=O)(=O)c3ccc(SC)cc3)c(Cl)nc2c1. The van der Waals surface area contributed by atoms with Gasteiger partial charge in [0.2, 0.25) is 0 Å². The Morgan fingerprint density at radius 3 is 2.47 bits per heavy atom. The van der Waals surface area contributed by atoms with Gasteiger partial charge in [0.15, 0.2) is 0 Å². The van der Waals surface area contributed by atoms with Gasteiger partial charge in [0.1, 0.15) is 17.4 Å². The summed E-state index contributed by atoms with van der Waals surface area (Å²) in [5.74, 6) is 0.0313. The number of sulfonamides is 1. The Kier molecular flexibility index (Phi) is 8.55. The molecule has 11 heteroatoms. The minimum Gasteiger partial charge on any atom is -0.497 e. The van der Waals surface area contributed by atoms with E-state index in [4.69, 9.17) is 16.3 Å². The smallest absolute Gasteiger partial charge is 0.264 e. The van der Waals surface area contributed by atoms with Crippen LogP contribution in [0.4, 0.5) is 5.69 Å². The molecule has 0 bridgehead atoms. The molecule has 0 radical (unpaired) electrons. The van der Waals surface area contributed by atoms with Crippen molar-refractivity contribution in [2.24, 2.45) is 5.10 Å². The summed E-state index contributed by atoms with van der Waals surface area (Å²) in [5, 5.41) is 4.99. The van der Waals surface area contributed by atoms with E-state index in [0.29, 0.717) is 22.5 Å². The molecule has 0 saturated heterocycles. The van der Waals surface area contributed by atoms with Gasteiger partial charge in [0.05, 0.1) is 29.4 Å². The number of aromatic nitrogens is 1. The largest absolute Gasteiger partial charge is 0.497 e. The summed E-state index contributed by atoms with van der Waals surface area (Å²) >= 11 is 7.80. The average molecular weight is 569 g/mol. The van der Waals surface area contributed by atoms with Crippen molar-refractivity contribution in [3.8, 4) is 5.75 Å². The molecule has 1 N–H and O–H groups in total. The van der Waals surface area contributed by atoms with Gasteiger partial charge in [0, 0.05) is 21.9 Å². The summed E-state index contributed by atoms with van der Waals surface area (Å²) < 4.78 is 33.3. The lowest BCUT2D eigenvalue weighted by Crippen LogP contribution is -2.39. The quantitative estimate of drug-likeness (QED) is 0.128. The van der Waals surface area contributed by atoms with Crippen LogP contribution in [-0.4, -0.2) is 45.4 Å². The van der Waals surface area contributed by atoms with Gasteiger partial charge in [-0.1, -0.05) is 29.3 Å².